The Labute approximate surface area is 165 Å². The van der Waals surface area contributed by atoms with Crippen LogP contribution in [0.25, 0.3) is 0 Å². The summed E-state index contributed by atoms with van der Waals surface area (Å²) in [5.74, 6) is 0.00781. The second-order valence-electron chi connectivity index (χ2n) is 6.66. The fourth-order valence-electron chi connectivity index (χ4n) is 2.84. The van der Waals surface area contributed by atoms with Crippen LogP contribution in [0.1, 0.15) is 17.2 Å². The van der Waals surface area contributed by atoms with Crippen molar-refractivity contribution in [3.8, 4) is 5.75 Å². The summed E-state index contributed by atoms with van der Waals surface area (Å²) in [6.07, 6.45) is 0. The van der Waals surface area contributed by atoms with Gasteiger partial charge < -0.3 is 20.1 Å². The van der Waals surface area contributed by atoms with Gasteiger partial charge in [-0.3, -0.25) is 14.5 Å². The third-order valence-corrected chi connectivity index (χ3v) is 4.17. The minimum absolute atomic E-state index is 0.0735. The van der Waals surface area contributed by atoms with E-state index >= 15 is 0 Å². The molecule has 1 atom stereocenters. The topological polar surface area (TPSA) is 79.9 Å². The van der Waals surface area contributed by atoms with Crippen LogP contribution in [0.5, 0.6) is 5.75 Å². The number of anilines is 2. The highest BCUT2D eigenvalue weighted by Crippen LogP contribution is 2.29. The van der Waals surface area contributed by atoms with E-state index in [4.69, 9.17) is 9.47 Å². The first-order valence-electron chi connectivity index (χ1n) is 8.86. The number of methoxy groups -OCH3 is 2. The number of hydrogen-bond donors (Lipinski definition) is 2. The Morgan fingerprint density at radius 3 is 2.29 bits per heavy atom. The Morgan fingerprint density at radius 1 is 1.04 bits per heavy atom. The summed E-state index contributed by atoms with van der Waals surface area (Å²) in [5, 5.41) is 5.63. The van der Waals surface area contributed by atoms with E-state index in [1.807, 2.05) is 50.2 Å². The molecule has 0 bridgehead atoms. The van der Waals surface area contributed by atoms with Gasteiger partial charge in [-0.15, -0.1) is 0 Å². The predicted molar refractivity (Wildman–Crippen MR) is 110 cm³/mol. The number of rotatable bonds is 8. The molecule has 0 heterocycles. The van der Waals surface area contributed by atoms with Crippen molar-refractivity contribution < 1.29 is 19.1 Å². The first kappa shape index (κ1) is 21.4. The highest BCUT2D eigenvalue weighted by Gasteiger charge is 2.23. The molecule has 28 heavy (non-hydrogen) atoms. The molecule has 2 N–H and O–H groups in total. The maximum absolute atomic E-state index is 12.9. The van der Waals surface area contributed by atoms with Gasteiger partial charge in [0.05, 0.1) is 12.8 Å². The van der Waals surface area contributed by atoms with Crippen LogP contribution in [-0.2, 0) is 14.3 Å². The molecule has 2 rings (SSSR count). The van der Waals surface area contributed by atoms with Gasteiger partial charge in [0, 0.05) is 12.8 Å². The van der Waals surface area contributed by atoms with Crippen LogP contribution in [0.4, 0.5) is 11.4 Å². The van der Waals surface area contributed by atoms with Crippen molar-refractivity contribution >= 4 is 23.2 Å². The Morgan fingerprint density at radius 2 is 1.71 bits per heavy atom. The van der Waals surface area contributed by atoms with Gasteiger partial charge in [-0.05, 0) is 44.8 Å². The van der Waals surface area contributed by atoms with Crippen LogP contribution < -0.4 is 15.4 Å². The van der Waals surface area contributed by atoms with Crippen molar-refractivity contribution in [3.63, 3.8) is 0 Å². The molecule has 0 aliphatic rings. The maximum atomic E-state index is 12.9. The predicted octanol–water partition coefficient (Wildman–Crippen LogP) is 2.83. The molecule has 0 saturated carbocycles. The van der Waals surface area contributed by atoms with Gasteiger partial charge in [0.15, 0.2) is 0 Å². The summed E-state index contributed by atoms with van der Waals surface area (Å²) < 4.78 is 10.1. The fraction of sp³-hybridized carbons (Fsp3) is 0.333. The molecule has 2 aromatic rings. The molecule has 150 valence electrons. The normalized spacial score (nSPS) is 11.8. The molecule has 0 radical (unpaired) electrons. The van der Waals surface area contributed by atoms with E-state index in [1.165, 1.54) is 14.2 Å². The second kappa shape index (κ2) is 9.87. The summed E-state index contributed by atoms with van der Waals surface area (Å²) >= 11 is 0. The summed E-state index contributed by atoms with van der Waals surface area (Å²) in [6.45, 7) is 1.93. The zero-order valence-electron chi connectivity index (χ0n) is 16.9. The molecule has 0 aliphatic heterocycles. The van der Waals surface area contributed by atoms with Crippen molar-refractivity contribution in [3.05, 3.63) is 53.6 Å². The Bertz CT molecular complexity index is 819. The highest BCUT2D eigenvalue weighted by atomic mass is 16.5. The van der Waals surface area contributed by atoms with Crippen LogP contribution in [0, 0.1) is 6.92 Å². The van der Waals surface area contributed by atoms with Gasteiger partial charge >= 0.3 is 0 Å². The molecule has 0 aromatic heterocycles. The van der Waals surface area contributed by atoms with E-state index in [0.717, 1.165) is 11.1 Å². The van der Waals surface area contributed by atoms with Crippen LogP contribution in [0.3, 0.4) is 0 Å². The van der Waals surface area contributed by atoms with Gasteiger partial charge in [-0.2, -0.15) is 0 Å². The van der Waals surface area contributed by atoms with Crippen molar-refractivity contribution in [1.82, 2.24) is 4.90 Å². The average molecular weight is 385 g/mol. The molecule has 2 aromatic carbocycles. The third-order valence-electron chi connectivity index (χ3n) is 4.17. The molecule has 0 fully saturated rings. The number of nitrogens with one attached hydrogen (secondary N) is 2. The number of hydrogen-bond acceptors (Lipinski definition) is 5. The first-order chi connectivity index (χ1) is 13.3. The molecule has 7 nitrogen and oxygen atoms in total. The molecule has 0 spiro atoms. The highest BCUT2D eigenvalue weighted by molar-refractivity contribution is 5.98. The standard InChI is InChI=1S/C21H27N3O4/c1-14-6-8-15(9-7-14)20(24(2)3)21(26)22-16-10-11-18(28-5)17(12-16)23-19(25)13-27-4/h6-12,20H,13H2,1-5H3,(H,22,26)(H,23,25). The molecule has 0 aliphatic carbocycles. The number of amides is 2. The lowest BCUT2D eigenvalue weighted by Crippen LogP contribution is -2.32. The molecule has 0 saturated heterocycles. The minimum atomic E-state index is -0.450. The fourth-order valence-corrected chi connectivity index (χ4v) is 2.84. The van der Waals surface area contributed by atoms with E-state index in [1.54, 1.807) is 18.2 Å². The lowest BCUT2D eigenvalue weighted by Gasteiger charge is -2.24. The largest absolute Gasteiger partial charge is 0.495 e. The van der Waals surface area contributed by atoms with E-state index in [9.17, 15) is 9.59 Å². The Balaban J connectivity index is 2.23. The lowest BCUT2D eigenvalue weighted by atomic mass is 10.0. The number of carbonyl (C=O) groups is 2. The van der Waals surface area contributed by atoms with Crippen LogP contribution in [-0.4, -0.2) is 51.6 Å². The zero-order chi connectivity index (χ0) is 20.7. The second-order valence-corrected chi connectivity index (χ2v) is 6.66. The summed E-state index contributed by atoms with van der Waals surface area (Å²) in [6, 6.07) is 12.5. The SMILES string of the molecule is COCC(=O)Nc1cc(NC(=O)C(c2ccc(C)cc2)N(C)C)ccc1OC. The van der Waals surface area contributed by atoms with Crippen LogP contribution >= 0.6 is 0 Å². The number of carbonyl (C=O) groups excluding carboxylic acids is 2. The van der Waals surface area contributed by atoms with E-state index in [-0.39, 0.29) is 18.4 Å². The van der Waals surface area contributed by atoms with Crippen molar-refractivity contribution in [2.45, 2.75) is 13.0 Å². The zero-order valence-corrected chi connectivity index (χ0v) is 16.9. The Hall–Kier alpha value is -2.90. The molecule has 1 unspecified atom stereocenters. The minimum Gasteiger partial charge on any atom is -0.495 e. The average Bonchev–Trinajstić information content (AvgIpc) is 2.63. The number of aryl methyl sites for hydroxylation is 1. The smallest absolute Gasteiger partial charge is 0.250 e. The molecular formula is C21H27N3O4. The van der Waals surface area contributed by atoms with E-state index in [0.29, 0.717) is 17.1 Å². The van der Waals surface area contributed by atoms with Crippen LogP contribution in [0.2, 0.25) is 0 Å². The van der Waals surface area contributed by atoms with Crippen molar-refractivity contribution in [2.24, 2.45) is 0 Å². The van der Waals surface area contributed by atoms with Gasteiger partial charge in [0.1, 0.15) is 18.4 Å². The molecule has 7 heteroatoms. The van der Waals surface area contributed by atoms with Gasteiger partial charge in [0.25, 0.3) is 0 Å². The first-order valence-corrected chi connectivity index (χ1v) is 8.86. The molecule has 2 amide bonds. The van der Waals surface area contributed by atoms with E-state index in [2.05, 4.69) is 10.6 Å². The maximum Gasteiger partial charge on any atom is 0.250 e. The summed E-state index contributed by atoms with van der Waals surface area (Å²) in [4.78, 5) is 26.6. The lowest BCUT2D eigenvalue weighted by molar-refractivity contribution is -0.121. The quantitative estimate of drug-likeness (QED) is 0.730. The van der Waals surface area contributed by atoms with Crippen molar-refractivity contribution in [1.29, 1.82) is 0 Å². The summed E-state index contributed by atoms with van der Waals surface area (Å²) in [5.41, 5.74) is 3.04. The molecular weight excluding hydrogens is 358 g/mol. The van der Waals surface area contributed by atoms with Gasteiger partial charge in [-0.1, -0.05) is 29.8 Å². The summed E-state index contributed by atoms with van der Waals surface area (Å²) in [7, 11) is 6.67. The Kier molecular flexibility index (Phi) is 7.54. The van der Waals surface area contributed by atoms with E-state index < -0.39 is 6.04 Å². The number of likely N-dealkylation sites (N-methyl/N-ethyl adjacent to an activating group) is 1. The monoisotopic (exact) mass is 385 g/mol. The van der Waals surface area contributed by atoms with Gasteiger partial charge in [-0.25, -0.2) is 0 Å². The number of ether oxygens (including phenoxy) is 2. The number of nitrogens with zero attached hydrogens (tertiary/aromatic N) is 1. The third kappa shape index (κ3) is 5.55. The van der Waals surface area contributed by atoms with Crippen molar-refractivity contribution in [2.75, 3.05) is 45.6 Å². The number of benzene rings is 2. The van der Waals surface area contributed by atoms with Crippen LogP contribution in [0.15, 0.2) is 42.5 Å². The van der Waals surface area contributed by atoms with Gasteiger partial charge in [0.2, 0.25) is 11.8 Å².